The molecule has 2 heterocycles. The molecular formula is C25H18F3N5O2. The summed E-state index contributed by atoms with van der Waals surface area (Å²) >= 11 is 0. The van der Waals surface area contributed by atoms with Gasteiger partial charge in [-0.25, -0.2) is 5.10 Å². The summed E-state index contributed by atoms with van der Waals surface area (Å²) in [6.45, 7) is 0. The molecule has 0 bridgehead atoms. The average molecular weight is 477 g/mol. The molecule has 2 aromatic heterocycles. The fourth-order valence-corrected chi connectivity index (χ4v) is 3.62. The maximum atomic E-state index is 13.9. The minimum atomic E-state index is -4.65. The molecule has 0 spiro atoms. The molecule has 0 saturated heterocycles. The summed E-state index contributed by atoms with van der Waals surface area (Å²) in [6.07, 6.45) is -0.252. The second kappa shape index (κ2) is 9.41. The van der Waals surface area contributed by atoms with Crippen LogP contribution in [0.15, 0.2) is 79.1 Å². The first-order chi connectivity index (χ1) is 17.0. The van der Waals surface area contributed by atoms with Crippen molar-refractivity contribution in [3.63, 3.8) is 0 Å². The number of H-pyrrole nitrogens is 1. The van der Waals surface area contributed by atoms with E-state index in [1.165, 1.54) is 12.1 Å². The summed E-state index contributed by atoms with van der Waals surface area (Å²) in [4.78, 5) is 4.08. The van der Waals surface area contributed by atoms with Crippen LogP contribution in [0.1, 0.15) is 17.0 Å². The number of halogens is 3. The van der Waals surface area contributed by atoms with Gasteiger partial charge in [0, 0.05) is 24.2 Å². The molecule has 10 heteroatoms. The van der Waals surface area contributed by atoms with Crippen molar-refractivity contribution < 1.29 is 22.6 Å². The van der Waals surface area contributed by atoms with E-state index < -0.39 is 11.7 Å². The van der Waals surface area contributed by atoms with Gasteiger partial charge in [-0.15, -0.1) is 5.10 Å². The first-order valence-electron chi connectivity index (χ1n) is 10.7. The number of ether oxygens (including phenoxy) is 2. The minimum Gasteiger partial charge on any atom is -0.457 e. The van der Waals surface area contributed by atoms with Crippen LogP contribution in [0.4, 0.5) is 13.2 Å². The van der Waals surface area contributed by atoms with Gasteiger partial charge in [0.1, 0.15) is 34.4 Å². The van der Waals surface area contributed by atoms with Gasteiger partial charge in [-0.2, -0.15) is 13.2 Å². The highest BCUT2D eigenvalue weighted by molar-refractivity contribution is 5.87. The van der Waals surface area contributed by atoms with E-state index in [1.807, 2.05) is 12.1 Å². The van der Waals surface area contributed by atoms with Crippen LogP contribution < -0.4 is 9.47 Å². The summed E-state index contributed by atoms with van der Waals surface area (Å²) in [7, 11) is 0. The van der Waals surface area contributed by atoms with Gasteiger partial charge < -0.3 is 9.47 Å². The molecule has 3 aromatic carbocycles. The first-order valence-corrected chi connectivity index (χ1v) is 10.7. The summed E-state index contributed by atoms with van der Waals surface area (Å²) in [5, 5.41) is 15.1. The van der Waals surface area contributed by atoms with Crippen LogP contribution >= 0.6 is 0 Å². The van der Waals surface area contributed by atoms with Crippen LogP contribution in [0.5, 0.6) is 23.0 Å². The summed E-state index contributed by atoms with van der Waals surface area (Å²) in [5.41, 5.74) is -0.0662. The zero-order valence-electron chi connectivity index (χ0n) is 18.2. The number of fused-ring (bicyclic) bond motifs is 1. The Hall–Kier alpha value is -4.47. The van der Waals surface area contributed by atoms with E-state index in [4.69, 9.17) is 9.47 Å². The number of rotatable bonds is 7. The third-order valence-corrected chi connectivity index (χ3v) is 5.29. The molecule has 5 aromatic rings. The van der Waals surface area contributed by atoms with E-state index in [1.54, 1.807) is 48.8 Å². The molecule has 0 aliphatic carbocycles. The zero-order valence-corrected chi connectivity index (χ0v) is 18.2. The number of pyridine rings is 1. The number of nitrogens with one attached hydrogen (secondary N) is 1. The van der Waals surface area contributed by atoms with E-state index in [9.17, 15) is 13.2 Å². The Bertz CT molecular complexity index is 1450. The smallest absolute Gasteiger partial charge is 0.420 e. The van der Waals surface area contributed by atoms with Gasteiger partial charge in [0.05, 0.1) is 0 Å². The number of hydrogen-bond acceptors (Lipinski definition) is 6. The van der Waals surface area contributed by atoms with E-state index in [2.05, 4.69) is 25.6 Å². The van der Waals surface area contributed by atoms with Crippen molar-refractivity contribution in [2.75, 3.05) is 0 Å². The second-order valence-corrected chi connectivity index (χ2v) is 7.71. The quantitative estimate of drug-likeness (QED) is 0.303. The average Bonchev–Trinajstić information content (AvgIpc) is 3.37. The van der Waals surface area contributed by atoms with Gasteiger partial charge in [-0.05, 0) is 70.3 Å². The lowest BCUT2D eigenvalue weighted by atomic mass is 10.1. The van der Waals surface area contributed by atoms with Crippen LogP contribution in [-0.2, 0) is 19.0 Å². The zero-order chi connectivity index (χ0) is 24.3. The highest BCUT2D eigenvalue weighted by Crippen LogP contribution is 2.41. The Balaban J connectivity index is 1.39. The fraction of sp³-hybridized carbons (Fsp3) is 0.120. The van der Waals surface area contributed by atoms with Gasteiger partial charge in [0.15, 0.2) is 0 Å². The highest BCUT2D eigenvalue weighted by atomic mass is 19.4. The predicted octanol–water partition coefficient (Wildman–Crippen LogP) is 6.14. The van der Waals surface area contributed by atoms with Crippen molar-refractivity contribution in [3.8, 4) is 23.0 Å². The number of alkyl halides is 3. The number of aryl methyl sites for hydroxylation is 2. The molecule has 0 aliphatic rings. The van der Waals surface area contributed by atoms with Crippen LogP contribution in [0.3, 0.4) is 0 Å². The van der Waals surface area contributed by atoms with Crippen molar-refractivity contribution in [3.05, 3.63) is 96.1 Å². The normalized spacial score (nSPS) is 11.5. The molecule has 35 heavy (non-hydrogen) atoms. The van der Waals surface area contributed by atoms with Crippen molar-refractivity contribution in [2.45, 2.75) is 19.0 Å². The lowest BCUT2D eigenvalue weighted by molar-refractivity contribution is -0.138. The van der Waals surface area contributed by atoms with Gasteiger partial charge in [0.2, 0.25) is 0 Å². The Labute approximate surface area is 197 Å². The van der Waals surface area contributed by atoms with Crippen molar-refractivity contribution >= 4 is 10.8 Å². The van der Waals surface area contributed by atoms with Crippen LogP contribution in [-0.4, -0.2) is 25.6 Å². The third kappa shape index (κ3) is 5.21. The topological polar surface area (TPSA) is 85.8 Å². The summed E-state index contributed by atoms with van der Waals surface area (Å²) < 4.78 is 53.2. The summed E-state index contributed by atoms with van der Waals surface area (Å²) in [5.74, 6) is 1.04. The standard InChI is InChI=1S/C25H18F3N5O2/c26-25(27,28)21-14-19(34-22-6-2-4-17-11-12-29-15-20(17)22)8-9-23(21)35-18-5-1-3-16(13-18)7-10-24-30-32-33-31-24/h1-6,8-9,11-15H,7,10H2,(H,30,31,32,33). The van der Waals surface area contributed by atoms with Crippen LogP contribution in [0.2, 0.25) is 0 Å². The molecule has 176 valence electrons. The third-order valence-electron chi connectivity index (χ3n) is 5.29. The molecule has 0 saturated carbocycles. The molecule has 0 atom stereocenters. The van der Waals surface area contributed by atoms with E-state index >= 15 is 0 Å². The molecule has 1 N–H and O–H groups in total. The van der Waals surface area contributed by atoms with Gasteiger partial charge in [0.25, 0.3) is 0 Å². The lowest BCUT2D eigenvalue weighted by Crippen LogP contribution is -2.07. The second-order valence-electron chi connectivity index (χ2n) is 7.71. The Morgan fingerprint density at radius 2 is 1.66 bits per heavy atom. The number of aromatic nitrogens is 5. The number of hydrogen-bond donors (Lipinski definition) is 1. The molecule has 0 aliphatic heterocycles. The van der Waals surface area contributed by atoms with E-state index in [0.717, 1.165) is 17.0 Å². The Kier molecular flexibility index (Phi) is 6.01. The number of benzene rings is 3. The maximum Gasteiger partial charge on any atom is 0.420 e. The first kappa shape index (κ1) is 22.3. The number of tetrazole rings is 1. The van der Waals surface area contributed by atoms with Crippen molar-refractivity contribution in [1.82, 2.24) is 25.6 Å². The predicted molar refractivity (Wildman–Crippen MR) is 121 cm³/mol. The van der Waals surface area contributed by atoms with Gasteiger partial charge in [-0.3, -0.25) is 4.98 Å². The van der Waals surface area contributed by atoms with E-state index in [-0.39, 0.29) is 17.2 Å². The fourth-order valence-electron chi connectivity index (χ4n) is 3.62. The minimum absolute atomic E-state index is 0.0374. The monoisotopic (exact) mass is 477 g/mol. The summed E-state index contributed by atoms with van der Waals surface area (Å²) in [6, 6.07) is 17.6. The Morgan fingerprint density at radius 1 is 0.829 bits per heavy atom. The maximum absolute atomic E-state index is 13.9. The molecular weight excluding hydrogens is 459 g/mol. The molecule has 0 unspecified atom stereocenters. The number of nitrogens with zero attached hydrogens (tertiary/aromatic N) is 4. The molecule has 7 nitrogen and oxygen atoms in total. The van der Waals surface area contributed by atoms with Crippen molar-refractivity contribution in [2.24, 2.45) is 0 Å². The van der Waals surface area contributed by atoms with Gasteiger partial charge >= 0.3 is 6.18 Å². The van der Waals surface area contributed by atoms with E-state index in [0.29, 0.717) is 29.8 Å². The van der Waals surface area contributed by atoms with Crippen LogP contribution in [0.25, 0.3) is 10.8 Å². The largest absolute Gasteiger partial charge is 0.457 e. The molecule has 0 radical (unpaired) electrons. The Morgan fingerprint density at radius 3 is 2.49 bits per heavy atom. The SMILES string of the molecule is FC(F)(F)c1cc(Oc2cccc3ccncc23)ccc1Oc1cccc(CCc2nnn[nH]2)c1. The molecule has 0 amide bonds. The highest BCUT2D eigenvalue weighted by Gasteiger charge is 2.35. The van der Waals surface area contributed by atoms with Crippen LogP contribution in [0, 0.1) is 0 Å². The van der Waals surface area contributed by atoms with Crippen molar-refractivity contribution in [1.29, 1.82) is 0 Å². The lowest BCUT2D eigenvalue weighted by Gasteiger charge is -2.16. The van der Waals surface area contributed by atoms with Gasteiger partial charge in [-0.1, -0.05) is 24.3 Å². The molecule has 0 fully saturated rings. The number of aromatic amines is 1. The molecule has 5 rings (SSSR count).